The molecular weight excluding hydrogens is 478 g/mol. The van der Waals surface area contributed by atoms with Crippen LogP contribution in [0.3, 0.4) is 0 Å². The van der Waals surface area contributed by atoms with Crippen LogP contribution in [0.5, 0.6) is 0 Å². The largest absolute Gasteiger partial charge is 0.478 e. The van der Waals surface area contributed by atoms with Gasteiger partial charge in [-0.15, -0.1) is 11.3 Å². The van der Waals surface area contributed by atoms with Crippen LogP contribution in [0, 0.1) is 0 Å². The summed E-state index contributed by atoms with van der Waals surface area (Å²) in [4.78, 5) is 27.9. The summed E-state index contributed by atoms with van der Waals surface area (Å²) >= 11 is 1.53. The Hall–Kier alpha value is -4.22. The Kier molecular flexibility index (Phi) is 7.43. The van der Waals surface area contributed by atoms with Gasteiger partial charge in [0.25, 0.3) is 5.91 Å². The number of carbonyl (C=O) groups is 2. The van der Waals surface area contributed by atoms with Crippen LogP contribution >= 0.6 is 11.3 Å². The summed E-state index contributed by atoms with van der Waals surface area (Å²) in [5.41, 5.74) is 4.07. The third-order valence-corrected chi connectivity index (χ3v) is 7.56. The first-order valence-corrected chi connectivity index (χ1v) is 13.1. The number of fused-ring (bicyclic) bond motifs is 1. The van der Waals surface area contributed by atoms with Crippen molar-refractivity contribution in [2.75, 3.05) is 6.54 Å². The van der Waals surface area contributed by atoms with E-state index in [4.69, 9.17) is 0 Å². The van der Waals surface area contributed by atoms with Gasteiger partial charge in [-0.25, -0.2) is 4.79 Å². The smallest absolute Gasteiger partial charge is 0.336 e. The minimum atomic E-state index is -0.946. The van der Waals surface area contributed by atoms with Crippen molar-refractivity contribution >= 4 is 33.3 Å². The van der Waals surface area contributed by atoms with E-state index in [2.05, 4.69) is 12.1 Å². The average molecular weight is 506 g/mol. The van der Waals surface area contributed by atoms with Gasteiger partial charge in [-0.1, -0.05) is 91.0 Å². The maximum atomic E-state index is 13.6. The summed E-state index contributed by atoms with van der Waals surface area (Å²) in [5.74, 6) is -0.909. The number of rotatable bonds is 9. The standard InChI is InChI=1S/C32H27NO3S/c34-31(30-21-26-12-4-7-15-29(26)37-30)33(20-8-11-23-9-2-1-3-10-23)22-24-16-18-25(19-17-24)27-13-5-6-14-28(27)32(35)36/h1-7,9-10,12-19,21H,8,11,20,22H2,(H,35,36). The molecule has 1 amide bonds. The number of hydrogen-bond donors (Lipinski definition) is 1. The van der Waals surface area contributed by atoms with Crippen LogP contribution in [0.25, 0.3) is 21.2 Å². The number of hydrogen-bond acceptors (Lipinski definition) is 3. The van der Waals surface area contributed by atoms with Gasteiger partial charge in [0.15, 0.2) is 0 Å². The van der Waals surface area contributed by atoms with E-state index in [1.807, 2.05) is 89.8 Å². The Morgan fingerprint density at radius 1 is 0.757 bits per heavy atom. The van der Waals surface area contributed by atoms with Crippen molar-refractivity contribution in [1.82, 2.24) is 4.90 Å². The van der Waals surface area contributed by atoms with E-state index in [0.717, 1.165) is 38.9 Å². The zero-order valence-corrected chi connectivity index (χ0v) is 21.2. The van der Waals surface area contributed by atoms with Gasteiger partial charge in [-0.2, -0.15) is 0 Å². The second-order valence-corrected chi connectivity index (χ2v) is 10.1. The highest BCUT2D eigenvalue weighted by Gasteiger charge is 2.19. The zero-order valence-electron chi connectivity index (χ0n) is 20.3. The number of amides is 1. The van der Waals surface area contributed by atoms with Gasteiger partial charge >= 0.3 is 5.97 Å². The molecule has 1 aromatic heterocycles. The van der Waals surface area contributed by atoms with Gasteiger partial charge in [-0.3, -0.25) is 4.79 Å². The lowest BCUT2D eigenvalue weighted by Gasteiger charge is -2.22. The molecule has 0 saturated carbocycles. The lowest BCUT2D eigenvalue weighted by molar-refractivity contribution is 0.0696. The van der Waals surface area contributed by atoms with E-state index in [-0.39, 0.29) is 11.5 Å². The van der Waals surface area contributed by atoms with Crippen molar-refractivity contribution < 1.29 is 14.7 Å². The molecule has 0 radical (unpaired) electrons. The molecular formula is C32H27NO3S. The maximum absolute atomic E-state index is 13.6. The Balaban J connectivity index is 1.37. The fourth-order valence-corrected chi connectivity index (χ4v) is 5.58. The molecule has 0 aliphatic rings. The van der Waals surface area contributed by atoms with Crippen LogP contribution in [0.1, 0.15) is 37.6 Å². The third kappa shape index (κ3) is 5.79. The molecule has 0 aliphatic heterocycles. The first-order valence-electron chi connectivity index (χ1n) is 12.3. The number of carboxylic acids is 1. The molecule has 5 aromatic rings. The van der Waals surface area contributed by atoms with E-state index in [1.54, 1.807) is 12.1 Å². The fraction of sp³-hybridized carbons (Fsp3) is 0.125. The molecule has 4 nitrogen and oxygen atoms in total. The highest BCUT2D eigenvalue weighted by atomic mass is 32.1. The summed E-state index contributed by atoms with van der Waals surface area (Å²) in [6.45, 7) is 1.13. The molecule has 0 fully saturated rings. The van der Waals surface area contributed by atoms with E-state index < -0.39 is 5.97 Å². The van der Waals surface area contributed by atoms with Gasteiger partial charge in [0.05, 0.1) is 10.4 Å². The average Bonchev–Trinajstić information content (AvgIpc) is 3.37. The number of carbonyl (C=O) groups excluding carboxylic acids is 1. The summed E-state index contributed by atoms with van der Waals surface area (Å²) in [6, 6.07) is 35.2. The SMILES string of the molecule is O=C(O)c1ccccc1-c1ccc(CN(CCCc2ccccc2)C(=O)c2cc3ccccc3s2)cc1. The lowest BCUT2D eigenvalue weighted by Crippen LogP contribution is -2.31. The monoisotopic (exact) mass is 505 g/mol. The summed E-state index contributed by atoms with van der Waals surface area (Å²) in [5, 5.41) is 10.6. The highest BCUT2D eigenvalue weighted by molar-refractivity contribution is 7.20. The van der Waals surface area contributed by atoms with Gasteiger partial charge in [0, 0.05) is 17.8 Å². The lowest BCUT2D eigenvalue weighted by atomic mass is 9.98. The molecule has 5 heteroatoms. The first-order chi connectivity index (χ1) is 18.1. The van der Waals surface area contributed by atoms with Crippen LogP contribution in [-0.4, -0.2) is 28.4 Å². The van der Waals surface area contributed by atoms with Crippen molar-refractivity contribution in [3.05, 3.63) is 131 Å². The van der Waals surface area contributed by atoms with Crippen LogP contribution in [0.15, 0.2) is 109 Å². The predicted molar refractivity (Wildman–Crippen MR) is 150 cm³/mol. The van der Waals surface area contributed by atoms with E-state index >= 15 is 0 Å². The van der Waals surface area contributed by atoms with Crippen LogP contribution in [0.4, 0.5) is 0 Å². The first kappa shape index (κ1) is 24.5. The minimum absolute atomic E-state index is 0.0366. The number of nitrogens with zero attached hydrogens (tertiary/aromatic N) is 1. The van der Waals surface area contributed by atoms with E-state index in [1.165, 1.54) is 16.9 Å². The number of benzene rings is 4. The molecule has 4 aromatic carbocycles. The topological polar surface area (TPSA) is 57.6 Å². The second-order valence-electron chi connectivity index (χ2n) is 9.01. The number of thiophene rings is 1. The van der Waals surface area contributed by atoms with Crippen molar-refractivity contribution in [2.45, 2.75) is 19.4 Å². The molecule has 0 spiro atoms. The molecule has 37 heavy (non-hydrogen) atoms. The van der Waals surface area contributed by atoms with Crippen molar-refractivity contribution in [1.29, 1.82) is 0 Å². The van der Waals surface area contributed by atoms with Gasteiger partial charge in [-0.05, 0) is 58.7 Å². The number of aryl methyl sites for hydroxylation is 1. The zero-order chi connectivity index (χ0) is 25.6. The van der Waals surface area contributed by atoms with Gasteiger partial charge in [0.1, 0.15) is 0 Å². The van der Waals surface area contributed by atoms with Crippen LogP contribution < -0.4 is 0 Å². The highest BCUT2D eigenvalue weighted by Crippen LogP contribution is 2.28. The van der Waals surface area contributed by atoms with Crippen molar-refractivity contribution in [3.63, 3.8) is 0 Å². The molecule has 0 bridgehead atoms. The fourth-order valence-electron chi connectivity index (χ4n) is 4.55. The molecule has 5 rings (SSSR count). The van der Waals surface area contributed by atoms with Gasteiger partial charge < -0.3 is 10.0 Å². The summed E-state index contributed by atoms with van der Waals surface area (Å²) in [6.07, 6.45) is 1.77. The molecule has 0 unspecified atom stereocenters. The van der Waals surface area contributed by atoms with Gasteiger partial charge in [0.2, 0.25) is 0 Å². The molecule has 184 valence electrons. The van der Waals surface area contributed by atoms with E-state index in [0.29, 0.717) is 18.7 Å². The van der Waals surface area contributed by atoms with Crippen LogP contribution in [0.2, 0.25) is 0 Å². The summed E-state index contributed by atoms with van der Waals surface area (Å²) in [7, 11) is 0. The molecule has 0 aliphatic carbocycles. The Morgan fingerprint density at radius 3 is 2.22 bits per heavy atom. The van der Waals surface area contributed by atoms with Crippen LogP contribution in [-0.2, 0) is 13.0 Å². The summed E-state index contributed by atoms with van der Waals surface area (Å²) < 4.78 is 1.11. The van der Waals surface area contributed by atoms with E-state index in [9.17, 15) is 14.7 Å². The Labute approximate surface area is 220 Å². The second kappa shape index (κ2) is 11.2. The quantitative estimate of drug-likeness (QED) is 0.225. The molecule has 0 atom stereocenters. The number of aromatic carboxylic acids is 1. The predicted octanol–water partition coefficient (Wildman–Crippen LogP) is 7.54. The van der Waals surface area contributed by atoms with Crippen molar-refractivity contribution in [3.8, 4) is 11.1 Å². The third-order valence-electron chi connectivity index (χ3n) is 6.46. The Bertz CT molecular complexity index is 1490. The number of carboxylic acid groups (broad SMARTS) is 1. The normalized spacial score (nSPS) is 10.9. The maximum Gasteiger partial charge on any atom is 0.336 e. The molecule has 1 heterocycles. The van der Waals surface area contributed by atoms with Crippen molar-refractivity contribution in [2.24, 2.45) is 0 Å². The minimum Gasteiger partial charge on any atom is -0.478 e. The Morgan fingerprint density at radius 2 is 1.46 bits per heavy atom. The molecule has 0 saturated heterocycles. The molecule has 1 N–H and O–H groups in total.